The molecule has 0 saturated heterocycles. The maximum atomic E-state index is 11.6. The summed E-state index contributed by atoms with van der Waals surface area (Å²) < 4.78 is 15.7. The van der Waals surface area contributed by atoms with E-state index in [9.17, 15) is 9.90 Å². The van der Waals surface area contributed by atoms with Crippen molar-refractivity contribution in [1.82, 2.24) is 0 Å². The first kappa shape index (κ1) is 15.9. The average molecular weight is 315 g/mol. The SMILES string of the molecule is CCOC(=O)C(O)c1cc(Cl)c(OCC2CC2)c(OC)c1. The summed E-state index contributed by atoms with van der Waals surface area (Å²) in [6.45, 7) is 2.46. The van der Waals surface area contributed by atoms with E-state index in [2.05, 4.69) is 0 Å². The molecule has 21 heavy (non-hydrogen) atoms. The number of methoxy groups -OCH3 is 1. The Labute approximate surface area is 128 Å². The highest BCUT2D eigenvalue weighted by atomic mass is 35.5. The van der Waals surface area contributed by atoms with Gasteiger partial charge in [0.25, 0.3) is 0 Å². The molecular formula is C15H19ClO5. The number of benzene rings is 1. The summed E-state index contributed by atoms with van der Waals surface area (Å²) in [5, 5.41) is 10.3. The van der Waals surface area contributed by atoms with E-state index < -0.39 is 12.1 Å². The summed E-state index contributed by atoms with van der Waals surface area (Å²) in [6.07, 6.45) is 0.938. The van der Waals surface area contributed by atoms with Gasteiger partial charge < -0.3 is 19.3 Å². The first-order valence-electron chi connectivity index (χ1n) is 6.91. The second-order valence-corrected chi connectivity index (χ2v) is 5.35. The molecule has 1 aromatic rings. The van der Waals surface area contributed by atoms with Gasteiger partial charge in [0.05, 0.1) is 25.3 Å². The van der Waals surface area contributed by atoms with E-state index in [0.717, 1.165) is 0 Å². The predicted octanol–water partition coefficient (Wildman–Crippen LogP) is 2.73. The lowest BCUT2D eigenvalue weighted by molar-refractivity contribution is -0.153. The van der Waals surface area contributed by atoms with Crippen molar-refractivity contribution in [2.45, 2.75) is 25.9 Å². The van der Waals surface area contributed by atoms with Crippen molar-refractivity contribution in [1.29, 1.82) is 0 Å². The molecule has 1 saturated carbocycles. The van der Waals surface area contributed by atoms with Gasteiger partial charge in [-0.1, -0.05) is 11.6 Å². The van der Waals surface area contributed by atoms with Crippen LogP contribution < -0.4 is 9.47 Å². The molecule has 0 heterocycles. The molecule has 1 aromatic carbocycles. The maximum absolute atomic E-state index is 11.6. The Kier molecular flexibility index (Phi) is 5.31. The van der Waals surface area contributed by atoms with E-state index in [1.807, 2.05) is 0 Å². The number of rotatable bonds is 7. The third-order valence-electron chi connectivity index (χ3n) is 3.24. The van der Waals surface area contributed by atoms with Crippen LogP contribution in [0, 0.1) is 5.92 Å². The fourth-order valence-electron chi connectivity index (χ4n) is 1.88. The Hall–Kier alpha value is -1.46. The second kappa shape index (κ2) is 7.00. The van der Waals surface area contributed by atoms with Crippen LogP contribution in [0.15, 0.2) is 12.1 Å². The number of carbonyl (C=O) groups excluding carboxylic acids is 1. The van der Waals surface area contributed by atoms with Gasteiger partial charge in [-0.05, 0) is 43.4 Å². The number of esters is 1. The molecule has 0 spiro atoms. The molecule has 116 valence electrons. The predicted molar refractivity (Wildman–Crippen MR) is 77.8 cm³/mol. The summed E-state index contributed by atoms with van der Waals surface area (Å²) >= 11 is 6.17. The normalized spacial score (nSPS) is 15.4. The third-order valence-corrected chi connectivity index (χ3v) is 3.52. The van der Waals surface area contributed by atoms with Crippen molar-refractivity contribution in [2.75, 3.05) is 20.3 Å². The molecule has 1 atom stereocenters. The minimum atomic E-state index is -1.39. The van der Waals surface area contributed by atoms with Gasteiger partial charge in [-0.15, -0.1) is 0 Å². The van der Waals surface area contributed by atoms with Gasteiger partial charge in [0.1, 0.15) is 0 Å². The van der Waals surface area contributed by atoms with Crippen molar-refractivity contribution in [3.8, 4) is 11.5 Å². The number of halogens is 1. The van der Waals surface area contributed by atoms with Gasteiger partial charge in [-0.2, -0.15) is 0 Å². The Morgan fingerprint density at radius 2 is 2.19 bits per heavy atom. The van der Waals surface area contributed by atoms with Gasteiger partial charge in [0.15, 0.2) is 17.6 Å². The quantitative estimate of drug-likeness (QED) is 0.784. The fourth-order valence-corrected chi connectivity index (χ4v) is 2.15. The average Bonchev–Trinajstić information content (AvgIpc) is 3.28. The fraction of sp³-hybridized carbons (Fsp3) is 0.533. The lowest BCUT2D eigenvalue weighted by Gasteiger charge is -2.16. The van der Waals surface area contributed by atoms with E-state index >= 15 is 0 Å². The molecule has 1 aliphatic carbocycles. The first-order valence-corrected chi connectivity index (χ1v) is 7.29. The molecule has 5 nitrogen and oxygen atoms in total. The van der Waals surface area contributed by atoms with Crippen LogP contribution in [-0.4, -0.2) is 31.4 Å². The molecule has 0 radical (unpaired) electrons. The molecule has 1 aliphatic rings. The maximum Gasteiger partial charge on any atom is 0.339 e. The smallest absolute Gasteiger partial charge is 0.339 e. The molecule has 1 fully saturated rings. The Morgan fingerprint density at radius 3 is 2.76 bits per heavy atom. The van der Waals surface area contributed by atoms with Gasteiger partial charge >= 0.3 is 5.97 Å². The summed E-state index contributed by atoms with van der Waals surface area (Å²) in [5.74, 6) is 0.685. The standard InChI is InChI=1S/C15H19ClO5/c1-3-20-15(18)13(17)10-6-11(16)14(12(7-10)19-2)21-8-9-4-5-9/h6-7,9,13,17H,3-5,8H2,1-2H3. The molecule has 6 heteroatoms. The topological polar surface area (TPSA) is 65.0 Å². The highest BCUT2D eigenvalue weighted by Gasteiger charge is 2.25. The van der Waals surface area contributed by atoms with E-state index in [1.54, 1.807) is 6.92 Å². The molecule has 0 aromatic heterocycles. The highest BCUT2D eigenvalue weighted by molar-refractivity contribution is 6.32. The molecule has 1 unspecified atom stereocenters. The van der Waals surface area contributed by atoms with Crippen molar-refractivity contribution < 1.29 is 24.1 Å². The zero-order valence-electron chi connectivity index (χ0n) is 12.1. The number of carbonyl (C=O) groups is 1. The van der Waals surface area contributed by atoms with Gasteiger partial charge in [-0.25, -0.2) is 4.79 Å². The number of ether oxygens (including phenoxy) is 3. The van der Waals surface area contributed by atoms with E-state index in [0.29, 0.717) is 34.6 Å². The first-order chi connectivity index (χ1) is 10.1. The molecule has 0 amide bonds. The third kappa shape index (κ3) is 4.02. The summed E-state index contributed by atoms with van der Waals surface area (Å²) in [6, 6.07) is 3.03. The molecule has 0 aliphatic heterocycles. The number of hydrogen-bond acceptors (Lipinski definition) is 5. The number of aliphatic hydroxyl groups is 1. The molecule has 1 N–H and O–H groups in total. The van der Waals surface area contributed by atoms with Gasteiger partial charge in [-0.3, -0.25) is 0 Å². The summed E-state index contributed by atoms with van der Waals surface area (Å²) in [5.41, 5.74) is 0.314. The Bertz CT molecular complexity index is 513. The van der Waals surface area contributed by atoms with Gasteiger partial charge in [0.2, 0.25) is 0 Å². The van der Waals surface area contributed by atoms with Crippen molar-refractivity contribution >= 4 is 17.6 Å². The number of aliphatic hydroxyl groups excluding tert-OH is 1. The lowest BCUT2D eigenvalue weighted by Crippen LogP contribution is -2.15. The van der Waals surface area contributed by atoms with Crippen LogP contribution in [0.4, 0.5) is 0 Å². The van der Waals surface area contributed by atoms with Crippen molar-refractivity contribution in [2.24, 2.45) is 5.92 Å². The second-order valence-electron chi connectivity index (χ2n) is 4.94. The van der Waals surface area contributed by atoms with Crippen LogP contribution in [-0.2, 0) is 9.53 Å². The molecule has 2 rings (SSSR count). The van der Waals surface area contributed by atoms with Crippen LogP contribution in [0.3, 0.4) is 0 Å². The monoisotopic (exact) mass is 314 g/mol. The summed E-state index contributed by atoms with van der Waals surface area (Å²) in [7, 11) is 1.48. The van der Waals surface area contributed by atoms with Crippen LogP contribution in [0.1, 0.15) is 31.4 Å². The Balaban J connectivity index is 2.19. The van der Waals surface area contributed by atoms with Crippen LogP contribution >= 0.6 is 11.6 Å². The van der Waals surface area contributed by atoms with Crippen LogP contribution in [0.2, 0.25) is 5.02 Å². The van der Waals surface area contributed by atoms with Gasteiger partial charge in [0, 0.05) is 0 Å². The molecule has 0 bridgehead atoms. The van der Waals surface area contributed by atoms with Crippen LogP contribution in [0.5, 0.6) is 11.5 Å². The molecular weight excluding hydrogens is 296 g/mol. The van der Waals surface area contributed by atoms with Crippen LogP contribution in [0.25, 0.3) is 0 Å². The van der Waals surface area contributed by atoms with E-state index in [4.69, 9.17) is 25.8 Å². The summed E-state index contributed by atoms with van der Waals surface area (Å²) in [4.78, 5) is 11.6. The zero-order valence-corrected chi connectivity index (χ0v) is 12.9. The minimum Gasteiger partial charge on any atom is -0.493 e. The van der Waals surface area contributed by atoms with E-state index in [1.165, 1.54) is 32.1 Å². The largest absolute Gasteiger partial charge is 0.493 e. The van der Waals surface area contributed by atoms with Crippen molar-refractivity contribution in [3.63, 3.8) is 0 Å². The van der Waals surface area contributed by atoms with E-state index in [-0.39, 0.29) is 6.61 Å². The number of hydrogen-bond donors (Lipinski definition) is 1. The van der Waals surface area contributed by atoms with Crippen molar-refractivity contribution in [3.05, 3.63) is 22.7 Å². The minimum absolute atomic E-state index is 0.198. The lowest BCUT2D eigenvalue weighted by atomic mass is 10.1. The highest BCUT2D eigenvalue weighted by Crippen LogP contribution is 2.39. The Morgan fingerprint density at radius 1 is 1.48 bits per heavy atom. The zero-order chi connectivity index (χ0) is 15.4.